The van der Waals surface area contributed by atoms with Gasteiger partial charge in [0.15, 0.2) is 0 Å². The molecule has 0 spiro atoms. The maximum absolute atomic E-state index is 4.36. The summed E-state index contributed by atoms with van der Waals surface area (Å²) >= 11 is 2.03. The molecule has 5 heteroatoms. The summed E-state index contributed by atoms with van der Waals surface area (Å²) in [6, 6.07) is 0.374. The molecule has 4 nitrogen and oxygen atoms in total. The Morgan fingerprint density at radius 3 is 3.07 bits per heavy atom. The predicted octanol–water partition coefficient (Wildman–Crippen LogP) is 0.829. The van der Waals surface area contributed by atoms with Crippen molar-refractivity contribution in [3.05, 3.63) is 11.9 Å². The molecular weight excluding hydrogens is 196 g/mol. The van der Waals surface area contributed by atoms with Crippen LogP contribution in [0.15, 0.2) is 6.20 Å². The maximum Gasteiger partial charge on any atom is 0.0999 e. The van der Waals surface area contributed by atoms with Gasteiger partial charge in [-0.15, -0.1) is 0 Å². The summed E-state index contributed by atoms with van der Waals surface area (Å²) in [4.78, 5) is 1.63. The number of thioether (sulfide) groups is 1. The van der Waals surface area contributed by atoms with Crippen LogP contribution < -0.4 is 5.32 Å². The van der Waals surface area contributed by atoms with Gasteiger partial charge >= 0.3 is 0 Å². The monoisotopic (exact) mass is 212 g/mol. The molecule has 2 rings (SSSR count). The summed E-state index contributed by atoms with van der Waals surface area (Å²) in [7, 11) is 3.86. The third-order valence-electron chi connectivity index (χ3n) is 2.68. The first-order chi connectivity index (χ1) is 6.81. The molecule has 2 atom stereocenters. The van der Waals surface area contributed by atoms with Crippen molar-refractivity contribution in [2.45, 2.75) is 12.5 Å². The van der Waals surface area contributed by atoms with Crippen molar-refractivity contribution in [2.75, 3.05) is 18.6 Å². The minimum absolute atomic E-state index is 0.374. The smallest absolute Gasteiger partial charge is 0.0999 e. The van der Waals surface area contributed by atoms with E-state index >= 15 is 0 Å². The molecule has 2 unspecified atom stereocenters. The average molecular weight is 212 g/mol. The molecule has 1 fully saturated rings. The number of rotatable bonds is 3. The highest BCUT2D eigenvalue weighted by atomic mass is 32.2. The number of hydrogen-bond acceptors (Lipinski definition) is 4. The molecule has 1 saturated heterocycles. The standard InChI is InChI=1S/C9H16N4S/c1-10-9(7-3-4-14-6-7)8-5-11-13(2)12-8/h5,7,9-10H,3-4,6H2,1-2H3. The van der Waals surface area contributed by atoms with Crippen LogP contribution in [0.3, 0.4) is 0 Å². The minimum atomic E-state index is 0.374. The van der Waals surface area contributed by atoms with Gasteiger partial charge in [0.1, 0.15) is 0 Å². The van der Waals surface area contributed by atoms with Crippen molar-refractivity contribution >= 4 is 11.8 Å². The average Bonchev–Trinajstić information content (AvgIpc) is 2.79. The Morgan fingerprint density at radius 2 is 2.57 bits per heavy atom. The van der Waals surface area contributed by atoms with E-state index in [1.807, 2.05) is 32.1 Å². The van der Waals surface area contributed by atoms with Gasteiger partial charge in [0, 0.05) is 7.05 Å². The van der Waals surface area contributed by atoms with Crippen LogP contribution in [0, 0.1) is 5.92 Å². The molecule has 0 amide bonds. The number of aryl methyl sites for hydroxylation is 1. The second-order valence-corrected chi connectivity index (χ2v) is 4.80. The van der Waals surface area contributed by atoms with E-state index in [2.05, 4.69) is 15.5 Å². The first kappa shape index (κ1) is 9.98. The fraction of sp³-hybridized carbons (Fsp3) is 0.778. The molecule has 0 saturated carbocycles. The van der Waals surface area contributed by atoms with Crippen molar-refractivity contribution in [2.24, 2.45) is 13.0 Å². The van der Waals surface area contributed by atoms with Gasteiger partial charge in [-0.3, -0.25) is 0 Å². The molecule has 0 aromatic carbocycles. The summed E-state index contributed by atoms with van der Waals surface area (Å²) in [5, 5.41) is 11.8. The maximum atomic E-state index is 4.36. The molecule has 14 heavy (non-hydrogen) atoms. The van der Waals surface area contributed by atoms with E-state index < -0.39 is 0 Å². The lowest BCUT2D eigenvalue weighted by molar-refractivity contribution is 0.408. The molecule has 0 aliphatic carbocycles. The van der Waals surface area contributed by atoms with Gasteiger partial charge < -0.3 is 5.32 Å². The molecule has 2 heterocycles. The molecule has 1 aliphatic heterocycles. The third kappa shape index (κ3) is 1.93. The lowest BCUT2D eigenvalue weighted by Crippen LogP contribution is -2.25. The van der Waals surface area contributed by atoms with Crippen LogP contribution in [0.25, 0.3) is 0 Å². The Labute approximate surface area is 88.4 Å². The van der Waals surface area contributed by atoms with Crippen LogP contribution in [0.4, 0.5) is 0 Å². The van der Waals surface area contributed by atoms with Crippen molar-refractivity contribution < 1.29 is 0 Å². The molecule has 1 aromatic rings. The van der Waals surface area contributed by atoms with Crippen molar-refractivity contribution in [3.8, 4) is 0 Å². The van der Waals surface area contributed by atoms with Gasteiger partial charge in [-0.2, -0.15) is 26.8 Å². The Balaban J connectivity index is 2.12. The van der Waals surface area contributed by atoms with Gasteiger partial charge in [0.05, 0.1) is 17.9 Å². The zero-order chi connectivity index (χ0) is 9.97. The van der Waals surface area contributed by atoms with Crippen LogP contribution in [0.5, 0.6) is 0 Å². The molecule has 0 radical (unpaired) electrons. The quantitative estimate of drug-likeness (QED) is 0.806. The molecule has 1 aliphatic rings. The molecule has 1 N–H and O–H groups in total. The third-order valence-corrected chi connectivity index (χ3v) is 3.87. The first-order valence-corrected chi connectivity index (χ1v) is 6.08. The number of nitrogens with one attached hydrogen (secondary N) is 1. The summed E-state index contributed by atoms with van der Waals surface area (Å²) in [6.45, 7) is 0. The van der Waals surface area contributed by atoms with Crippen LogP contribution >= 0.6 is 11.8 Å². The van der Waals surface area contributed by atoms with Crippen molar-refractivity contribution in [1.82, 2.24) is 20.3 Å². The van der Waals surface area contributed by atoms with Gasteiger partial charge in [-0.05, 0) is 30.9 Å². The van der Waals surface area contributed by atoms with Gasteiger partial charge in [0.25, 0.3) is 0 Å². The van der Waals surface area contributed by atoms with E-state index in [-0.39, 0.29) is 0 Å². The fourth-order valence-electron chi connectivity index (χ4n) is 1.94. The molecule has 0 bridgehead atoms. The van der Waals surface area contributed by atoms with Gasteiger partial charge in [-0.1, -0.05) is 0 Å². The first-order valence-electron chi connectivity index (χ1n) is 4.92. The summed E-state index contributed by atoms with van der Waals surface area (Å²) < 4.78 is 0. The second kappa shape index (κ2) is 4.31. The van der Waals surface area contributed by atoms with Crippen LogP contribution in [-0.2, 0) is 7.05 Å². The Bertz CT molecular complexity index is 293. The largest absolute Gasteiger partial charge is 0.311 e. The zero-order valence-electron chi connectivity index (χ0n) is 8.60. The number of aromatic nitrogens is 3. The van der Waals surface area contributed by atoms with Crippen molar-refractivity contribution in [3.63, 3.8) is 0 Å². The highest BCUT2D eigenvalue weighted by Gasteiger charge is 2.27. The van der Waals surface area contributed by atoms with E-state index in [1.54, 1.807) is 4.80 Å². The highest BCUT2D eigenvalue weighted by Crippen LogP contribution is 2.32. The van der Waals surface area contributed by atoms with Gasteiger partial charge in [-0.25, -0.2) is 0 Å². The summed E-state index contributed by atoms with van der Waals surface area (Å²) in [5.41, 5.74) is 1.07. The fourth-order valence-corrected chi connectivity index (χ4v) is 3.24. The van der Waals surface area contributed by atoms with E-state index in [0.717, 1.165) is 5.69 Å². The highest BCUT2D eigenvalue weighted by molar-refractivity contribution is 7.99. The number of hydrogen-bond donors (Lipinski definition) is 1. The molecule has 78 valence electrons. The summed E-state index contributed by atoms with van der Waals surface area (Å²) in [5.74, 6) is 3.23. The lowest BCUT2D eigenvalue weighted by atomic mass is 9.97. The zero-order valence-corrected chi connectivity index (χ0v) is 9.42. The van der Waals surface area contributed by atoms with Crippen LogP contribution in [0.1, 0.15) is 18.2 Å². The van der Waals surface area contributed by atoms with Crippen LogP contribution in [-0.4, -0.2) is 33.5 Å². The molecule has 1 aromatic heterocycles. The minimum Gasteiger partial charge on any atom is -0.311 e. The van der Waals surface area contributed by atoms with E-state index in [4.69, 9.17) is 0 Å². The van der Waals surface area contributed by atoms with E-state index in [9.17, 15) is 0 Å². The van der Waals surface area contributed by atoms with Crippen LogP contribution in [0.2, 0.25) is 0 Å². The van der Waals surface area contributed by atoms with Crippen molar-refractivity contribution in [1.29, 1.82) is 0 Å². The lowest BCUT2D eigenvalue weighted by Gasteiger charge is -2.19. The normalized spacial score (nSPS) is 24.0. The molecular formula is C9H16N4S. The number of nitrogens with zero attached hydrogens (tertiary/aromatic N) is 3. The second-order valence-electron chi connectivity index (χ2n) is 3.65. The van der Waals surface area contributed by atoms with E-state index in [1.165, 1.54) is 17.9 Å². The topological polar surface area (TPSA) is 42.7 Å². The Morgan fingerprint density at radius 1 is 1.71 bits per heavy atom. The Hall–Kier alpha value is -0.550. The van der Waals surface area contributed by atoms with E-state index in [0.29, 0.717) is 12.0 Å². The van der Waals surface area contributed by atoms with Gasteiger partial charge in [0.2, 0.25) is 0 Å². The predicted molar refractivity (Wildman–Crippen MR) is 58.2 cm³/mol. The summed E-state index contributed by atoms with van der Waals surface area (Å²) in [6.07, 6.45) is 3.15. The Kier molecular flexibility index (Phi) is 3.08. The SMILES string of the molecule is CNC(c1cnn(C)n1)C1CCSC1.